The first-order chi connectivity index (χ1) is 10.8. The van der Waals surface area contributed by atoms with Crippen molar-refractivity contribution in [3.63, 3.8) is 0 Å². The molecule has 2 aromatic carbocycles. The van der Waals surface area contributed by atoms with E-state index in [1.54, 1.807) is 37.4 Å². The number of hydrogen-bond acceptors (Lipinski definition) is 5. The van der Waals surface area contributed by atoms with Crippen molar-refractivity contribution in [3.05, 3.63) is 60.4 Å². The van der Waals surface area contributed by atoms with Crippen molar-refractivity contribution in [2.45, 2.75) is 0 Å². The number of aromatic nitrogens is 4. The summed E-state index contributed by atoms with van der Waals surface area (Å²) in [5, 5.41) is 13.8. The molecule has 3 rings (SSSR count). The van der Waals surface area contributed by atoms with E-state index in [0.29, 0.717) is 22.7 Å². The Hall–Kier alpha value is -3.22. The monoisotopic (exact) mass is 295 g/mol. The standard InChI is InChI=1S/C15H13N5O2/c1-22-14-9-12(7-8-13(14)20-10-16-18-19-20)17-15(21)11-5-3-2-4-6-11/h2-10H,1H3,(H,17,21). The fourth-order valence-electron chi connectivity index (χ4n) is 2.01. The quantitative estimate of drug-likeness (QED) is 0.795. The second-order valence-corrected chi connectivity index (χ2v) is 4.46. The minimum Gasteiger partial charge on any atom is -0.494 e. The lowest BCUT2D eigenvalue weighted by Gasteiger charge is -2.11. The third-order valence-electron chi connectivity index (χ3n) is 3.07. The highest BCUT2D eigenvalue weighted by atomic mass is 16.5. The zero-order valence-corrected chi connectivity index (χ0v) is 11.8. The van der Waals surface area contributed by atoms with Crippen LogP contribution in [0.3, 0.4) is 0 Å². The minimum absolute atomic E-state index is 0.183. The number of carbonyl (C=O) groups excluding carboxylic acids is 1. The molecule has 1 aromatic heterocycles. The maximum Gasteiger partial charge on any atom is 0.255 e. The van der Waals surface area contributed by atoms with Crippen LogP contribution < -0.4 is 10.1 Å². The van der Waals surface area contributed by atoms with Gasteiger partial charge in [-0.05, 0) is 34.7 Å². The maximum absolute atomic E-state index is 12.1. The van der Waals surface area contributed by atoms with Gasteiger partial charge in [0, 0.05) is 17.3 Å². The average Bonchev–Trinajstić information content (AvgIpc) is 3.09. The van der Waals surface area contributed by atoms with Gasteiger partial charge in [0.2, 0.25) is 0 Å². The molecular formula is C15H13N5O2. The molecular weight excluding hydrogens is 282 g/mol. The van der Waals surface area contributed by atoms with Crippen LogP contribution in [0.15, 0.2) is 54.9 Å². The van der Waals surface area contributed by atoms with Crippen LogP contribution in [0.25, 0.3) is 5.69 Å². The second-order valence-electron chi connectivity index (χ2n) is 4.46. The molecule has 7 heteroatoms. The number of benzene rings is 2. The number of ether oxygens (including phenoxy) is 1. The summed E-state index contributed by atoms with van der Waals surface area (Å²) in [6, 6.07) is 14.3. The van der Waals surface area contributed by atoms with Crippen molar-refractivity contribution in [2.24, 2.45) is 0 Å². The van der Waals surface area contributed by atoms with Crippen LogP contribution >= 0.6 is 0 Å². The van der Waals surface area contributed by atoms with Crippen molar-refractivity contribution >= 4 is 11.6 Å². The summed E-state index contributed by atoms with van der Waals surface area (Å²) < 4.78 is 6.82. The van der Waals surface area contributed by atoms with Gasteiger partial charge < -0.3 is 10.1 Å². The van der Waals surface area contributed by atoms with Gasteiger partial charge in [0.1, 0.15) is 17.8 Å². The largest absolute Gasteiger partial charge is 0.494 e. The molecule has 0 bridgehead atoms. The smallest absolute Gasteiger partial charge is 0.255 e. The molecule has 0 saturated carbocycles. The first-order valence-corrected chi connectivity index (χ1v) is 6.56. The van der Waals surface area contributed by atoms with Gasteiger partial charge in [0.15, 0.2) is 0 Å². The molecule has 0 fully saturated rings. The van der Waals surface area contributed by atoms with Crippen molar-refractivity contribution in [2.75, 3.05) is 12.4 Å². The third-order valence-corrected chi connectivity index (χ3v) is 3.07. The van der Waals surface area contributed by atoms with Gasteiger partial charge in [0.25, 0.3) is 5.91 Å². The number of rotatable bonds is 4. The molecule has 1 N–H and O–H groups in total. The van der Waals surface area contributed by atoms with Gasteiger partial charge in [0.05, 0.1) is 7.11 Å². The van der Waals surface area contributed by atoms with E-state index < -0.39 is 0 Å². The van der Waals surface area contributed by atoms with Crippen molar-refractivity contribution in [3.8, 4) is 11.4 Å². The first kappa shape index (κ1) is 13.7. The molecule has 1 amide bonds. The predicted octanol–water partition coefficient (Wildman–Crippen LogP) is 1.92. The molecule has 0 atom stereocenters. The molecule has 22 heavy (non-hydrogen) atoms. The number of tetrazole rings is 1. The highest BCUT2D eigenvalue weighted by molar-refractivity contribution is 6.04. The maximum atomic E-state index is 12.1. The fraction of sp³-hybridized carbons (Fsp3) is 0.0667. The number of methoxy groups -OCH3 is 1. The molecule has 1 heterocycles. The Kier molecular flexibility index (Phi) is 3.78. The van der Waals surface area contributed by atoms with E-state index in [1.807, 2.05) is 18.2 Å². The van der Waals surface area contributed by atoms with Crippen LogP contribution in [0.5, 0.6) is 5.75 Å². The molecule has 0 aliphatic carbocycles. The van der Waals surface area contributed by atoms with Gasteiger partial charge in [-0.15, -0.1) is 5.10 Å². The SMILES string of the molecule is COc1cc(NC(=O)c2ccccc2)ccc1-n1cnnn1. The van der Waals surface area contributed by atoms with Crippen LogP contribution in [0, 0.1) is 0 Å². The topological polar surface area (TPSA) is 81.9 Å². The van der Waals surface area contributed by atoms with E-state index >= 15 is 0 Å². The molecule has 0 aliphatic heterocycles. The summed E-state index contributed by atoms with van der Waals surface area (Å²) in [7, 11) is 1.55. The molecule has 110 valence electrons. The summed E-state index contributed by atoms with van der Waals surface area (Å²) in [6.07, 6.45) is 1.47. The molecule has 0 saturated heterocycles. The Balaban J connectivity index is 1.85. The van der Waals surface area contributed by atoms with Gasteiger partial charge in [-0.25, -0.2) is 0 Å². The van der Waals surface area contributed by atoms with Crippen molar-refractivity contribution < 1.29 is 9.53 Å². The number of anilines is 1. The molecule has 0 unspecified atom stereocenters. The Bertz CT molecular complexity index is 772. The summed E-state index contributed by atoms with van der Waals surface area (Å²) in [5.74, 6) is 0.371. The summed E-state index contributed by atoms with van der Waals surface area (Å²) in [6.45, 7) is 0. The van der Waals surface area contributed by atoms with Crippen molar-refractivity contribution in [1.29, 1.82) is 0 Å². The van der Waals surface area contributed by atoms with Crippen LogP contribution in [0.2, 0.25) is 0 Å². The fourth-order valence-corrected chi connectivity index (χ4v) is 2.01. The molecule has 0 radical (unpaired) electrons. The van der Waals surface area contributed by atoms with E-state index in [0.717, 1.165) is 0 Å². The Morgan fingerprint density at radius 2 is 2.00 bits per heavy atom. The van der Waals surface area contributed by atoms with Gasteiger partial charge in [-0.3, -0.25) is 4.79 Å². The lowest BCUT2D eigenvalue weighted by molar-refractivity contribution is 0.102. The lowest BCUT2D eigenvalue weighted by atomic mass is 10.2. The Labute approximate surface area is 126 Å². The van der Waals surface area contributed by atoms with Crippen LogP contribution in [-0.2, 0) is 0 Å². The van der Waals surface area contributed by atoms with Gasteiger partial charge in [-0.2, -0.15) is 4.68 Å². The average molecular weight is 295 g/mol. The lowest BCUT2D eigenvalue weighted by Crippen LogP contribution is -2.12. The molecule has 3 aromatic rings. The molecule has 7 nitrogen and oxygen atoms in total. The zero-order chi connectivity index (χ0) is 15.4. The van der Waals surface area contributed by atoms with Crippen molar-refractivity contribution in [1.82, 2.24) is 20.2 Å². The predicted molar refractivity (Wildman–Crippen MR) is 80.1 cm³/mol. The number of carbonyl (C=O) groups is 1. The first-order valence-electron chi connectivity index (χ1n) is 6.56. The van der Waals surface area contributed by atoms with Gasteiger partial charge in [-0.1, -0.05) is 18.2 Å². The molecule has 0 aliphatic rings. The summed E-state index contributed by atoms with van der Waals surface area (Å²) in [5.41, 5.74) is 1.90. The van der Waals surface area contributed by atoms with E-state index in [-0.39, 0.29) is 5.91 Å². The third kappa shape index (κ3) is 2.78. The van der Waals surface area contributed by atoms with E-state index in [2.05, 4.69) is 20.8 Å². The Morgan fingerprint density at radius 1 is 1.18 bits per heavy atom. The number of nitrogens with one attached hydrogen (secondary N) is 1. The molecule has 0 spiro atoms. The minimum atomic E-state index is -0.183. The number of amides is 1. The highest BCUT2D eigenvalue weighted by Gasteiger charge is 2.10. The van der Waals surface area contributed by atoms with Crippen LogP contribution in [0.1, 0.15) is 10.4 Å². The second kappa shape index (κ2) is 6.04. The number of hydrogen-bond donors (Lipinski definition) is 1. The van der Waals surface area contributed by atoms with E-state index in [4.69, 9.17) is 4.74 Å². The van der Waals surface area contributed by atoms with Gasteiger partial charge >= 0.3 is 0 Å². The summed E-state index contributed by atoms with van der Waals surface area (Å²) in [4.78, 5) is 12.1. The Morgan fingerprint density at radius 3 is 2.68 bits per heavy atom. The van der Waals surface area contributed by atoms with E-state index in [1.165, 1.54) is 11.0 Å². The zero-order valence-electron chi connectivity index (χ0n) is 11.8. The van der Waals surface area contributed by atoms with E-state index in [9.17, 15) is 4.79 Å². The number of nitrogens with zero attached hydrogens (tertiary/aromatic N) is 4. The van der Waals surface area contributed by atoms with Crippen LogP contribution in [0.4, 0.5) is 5.69 Å². The highest BCUT2D eigenvalue weighted by Crippen LogP contribution is 2.26. The normalized spacial score (nSPS) is 10.2. The summed E-state index contributed by atoms with van der Waals surface area (Å²) >= 11 is 0. The van der Waals surface area contributed by atoms with Crippen LogP contribution in [-0.4, -0.2) is 33.2 Å².